The highest BCUT2D eigenvalue weighted by Crippen LogP contribution is 2.44. The Morgan fingerprint density at radius 2 is 1.83 bits per heavy atom. The summed E-state index contributed by atoms with van der Waals surface area (Å²) in [6, 6.07) is 0. The third-order valence-electron chi connectivity index (χ3n) is 4.80. The molecule has 2 rings (SSSR count). The molecular formula is C17H28N2O4. The van der Waals surface area contributed by atoms with Gasteiger partial charge in [0.1, 0.15) is 0 Å². The second kappa shape index (κ2) is 6.89. The highest BCUT2D eigenvalue weighted by molar-refractivity contribution is 5.81. The lowest BCUT2D eigenvalue weighted by atomic mass is 9.92. The predicted molar refractivity (Wildman–Crippen MR) is 85.6 cm³/mol. The van der Waals surface area contributed by atoms with E-state index in [1.807, 2.05) is 20.8 Å². The fourth-order valence-electron chi connectivity index (χ4n) is 3.16. The van der Waals surface area contributed by atoms with Crippen LogP contribution in [-0.4, -0.2) is 47.4 Å². The number of carboxylic acid groups (broad SMARTS) is 1. The Balaban J connectivity index is 1.74. The van der Waals surface area contributed by atoms with Gasteiger partial charge in [0.05, 0.1) is 5.92 Å². The molecule has 1 heterocycles. The van der Waals surface area contributed by atoms with Crippen LogP contribution < -0.4 is 5.32 Å². The number of aliphatic carboxylic acids is 1. The Kier molecular flexibility index (Phi) is 5.32. The first-order valence-electron chi connectivity index (χ1n) is 8.49. The van der Waals surface area contributed by atoms with Gasteiger partial charge in [-0.2, -0.15) is 0 Å². The topological polar surface area (TPSA) is 86.7 Å². The zero-order chi connectivity index (χ0) is 17.2. The van der Waals surface area contributed by atoms with Crippen LogP contribution >= 0.6 is 0 Å². The van der Waals surface area contributed by atoms with Crippen molar-refractivity contribution < 1.29 is 19.5 Å². The van der Waals surface area contributed by atoms with Crippen molar-refractivity contribution in [3.05, 3.63) is 0 Å². The average molecular weight is 324 g/mol. The van der Waals surface area contributed by atoms with Crippen LogP contribution in [0.1, 0.15) is 46.5 Å². The van der Waals surface area contributed by atoms with Gasteiger partial charge in [-0.3, -0.25) is 14.4 Å². The minimum absolute atomic E-state index is 0.00408. The van der Waals surface area contributed by atoms with Gasteiger partial charge in [-0.05, 0) is 31.1 Å². The number of carbonyl (C=O) groups is 3. The second-order valence-electron chi connectivity index (χ2n) is 7.85. The summed E-state index contributed by atoms with van der Waals surface area (Å²) >= 11 is 0. The van der Waals surface area contributed by atoms with Gasteiger partial charge in [0.25, 0.3) is 0 Å². The fourth-order valence-corrected chi connectivity index (χ4v) is 3.16. The number of nitrogens with zero attached hydrogens (tertiary/aromatic N) is 1. The van der Waals surface area contributed by atoms with Crippen molar-refractivity contribution in [1.29, 1.82) is 0 Å². The van der Waals surface area contributed by atoms with E-state index in [0.717, 1.165) is 12.8 Å². The van der Waals surface area contributed by atoms with Crippen LogP contribution in [0.5, 0.6) is 0 Å². The molecule has 0 aromatic carbocycles. The Morgan fingerprint density at radius 3 is 2.35 bits per heavy atom. The fraction of sp³-hybridized carbons (Fsp3) is 0.824. The molecule has 23 heavy (non-hydrogen) atoms. The van der Waals surface area contributed by atoms with Gasteiger partial charge in [0.15, 0.2) is 0 Å². The molecule has 0 spiro atoms. The van der Waals surface area contributed by atoms with Crippen LogP contribution in [0.25, 0.3) is 0 Å². The number of carboxylic acids is 1. The first-order valence-corrected chi connectivity index (χ1v) is 8.49. The van der Waals surface area contributed by atoms with E-state index in [1.165, 1.54) is 0 Å². The van der Waals surface area contributed by atoms with Crippen molar-refractivity contribution in [3.8, 4) is 0 Å². The van der Waals surface area contributed by atoms with Gasteiger partial charge < -0.3 is 15.3 Å². The second-order valence-corrected chi connectivity index (χ2v) is 7.85. The Labute approximate surface area is 137 Å². The Bertz CT molecular complexity index is 479. The van der Waals surface area contributed by atoms with E-state index >= 15 is 0 Å². The summed E-state index contributed by atoms with van der Waals surface area (Å²) in [7, 11) is 0. The normalized spacial score (nSPS) is 24.6. The molecule has 1 saturated carbocycles. The van der Waals surface area contributed by atoms with Crippen LogP contribution in [0.15, 0.2) is 0 Å². The molecule has 2 aliphatic rings. The van der Waals surface area contributed by atoms with Gasteiger partial charge in [0, 0.05) is 31.5 Å². The lowest BCUT2D eigenvalue weighted by molar-refractivity contribution is -0.142. The molecule has 0 aromatic heterocycles. The molecular weight excluding hydrogens is 296 g/mol. The molecule has 0 aromatic rings. The third kappa shape index (κ3) is 4.69. The highest BCUT2D eigenvalue weighted by Gasteiger charge is 2.46. The number of rotatable bonds is 6. The summed E-state index contributed by atoms with van der Waals surface area (Å²) in [4.78, 5) is 37.1. The minimum atomic E-state index is -0.783. The van der Waals surface area contributed by atoms with Crippen molar-refractivity contribution >= 4 is 17.8 Å². The molecule has 2 atom stereocenters. The van der Waals surface area contributed by atoms with Crippen LogP contribution in [0, 0.1) is 23.2 Å². The predicted octanol–water partition coefficient (Wildman–Crippen LogP) is 1.50. The van der Waals surface area contributed by atoms with Crippen molar-refractivity contribution in [1.82, 2.24) is 10.2 Å². The summed E-state index contributed by atoms with van der Waals surface area (Å²) in [5.41, 5.74) is -0.425. The molecule has 1 aliphatic heterocycles. The summed E-state index contributed by atoms with van der Waals surface area (Å²) in [6.45, 7) is 6.94. The largest absolute Gasteiger partial charge is 0.481 e. The number of nitrogens with one attached hydrogen (secondary N) is 1. The van der Waals surface area contributed by atoms with Crippen LogP contribution in [0.3, 0.4) is 0 Å². The Hall–Kier alpha value is -1.59. The van der Waals surface area contributed by atoms with Crippen molar-refractivity contribution in [2.24, 2.45) is 23.2 Å². The maximum absolute atomic E-state index is 12.3. The van der Waals surface area contributed by atoms with E-state index in [2.05, 4.69) is 5.32 Å². The van der Waals surface area contributed by atoms with Crippen molar-refractivity contribution in [2.75, 3.05) is 19.6 Å². The molecule has 2 N–H and O–H groups in total. The quantitative estimate of drug-likeness (QED) is 0.725. The zero-order valence-corrected chi connectivity index (χ0v) is 14.3. The van der Waals surface area contributed by atoms with E-state index in [9.17, 15) is 19.5 Å². The summed E-state index contributed by atoms with van der Waals surface area (Å²) in [6.07, 6.45) is 3.13. The molecule has 1 saturated heterocycles. The van der Waals surface area contributed by atoms with E-state index < -0.39 is 17.3 Å². The Morgan fingerprint density at radius 1 is 1.17 bits per heavy atom. The third-order valence-corrected chi connectivity index (χ3v) is 4.80. The summed E-state index contributed by atoms with van der Waals surface area (Å²) in [5.74, 6) is -0.603. The lowest BCUT2D eigenvalue weighted by Crippen LogP contribution is -2.36. The highest BCUT2D eigenvalue weighted by atomic mass is 16.4. The van der Waals surface area contributed by atoms with E-state index in [0.29, 0.717) is 38.4 Å². The summed E-state index contributed by atoms with van der Waals surface area (Å²) < 4.78 is 0. The first-order chi connectivity index (χ1) is 10.7. The van der Waals surface area contributed by atoms with Gasteiger partial charge >= 0.3 is 5.97 Å². The molecule has 6 nitrogen and oxygen atoms in total. The van der Waals surface area contributed by atoms with E-state index in [1.54, 1.807) is 4.90 Å². The number of carbonyl (C=O) groups excluding carboxylic acids is 2. The molecule has 130 valence electrons. The number of likely N-dealkylation sites (tertiary alicyclic amines) is 1. The summed E-state index contributed by atoms with van der Waals surface area (Å²) in [5, 5.41) is 12.2. The molecule has 1 aliphatic carbocycles. The number of amides is 2. The van der Waals surface area contributed by atoms with Gasteiger partial charge in [-0.25, -0.2) is 0 Å². The van der Waals surface area contributed by atoms with Gasteiger partial charge in [-0.15, -0.1) is 0 Å². The number of hydrogen-bond acceptors (Lipinski definition) is 3. The molecule has 2 amide bonds. The maximum atomic E-state index is 12.3. The molecule has 0 bridgehead atoms. The molecule has 6 heteroatoms. The van der Waals surface area contributed by atoms with E-state index in [-0.39, 0.29) is 17.7 Å². The number of hydrogen-bond donors (Lipinski definition) is 2. The minimum Gasteiger partial charge on any atom is -0.481 e. The monoisotopic (exact) mass is 324 g/mol. The molecule has 2 fully saturated rings. The average Bonchev–Trinajstić information content (AvgIpc) is 3.20. The standard InChI is InChI=1S/C17H28N2O4/c1-17(2,3)16(23)18-8-4-5-14(20)19-9-12(11-6-7-11)13(10-19)15(21)22/h11-13H,4-10H2,1-3H3,(H,18,23)(H,21,22)/t12-,13+/m1/s1. The van der Waals surface area contributed by atoms with E-state index in [4.69, 9.17) is 0 Å². The van der Waals surface area contributed by atoms with Crippen LogP contribution in [0.2, 0.25) is 0 Å². The first kappa shape index (κ1) is 17.8. The molecule has 0 unspecified atom stereocenters. The van der Waals surface area contributed by atoms with Gasteiger partial charge in [0.2, 0.25) is 11.8 Å². The smallest absolute Gasteiger partial charge is 0.308 e. The maximum Gasteiger partial charge on any atom is 0.308 e. The van der Waals surface area contributed by atoms with Crippen LogP contribution in [0.4, 0.5) is 0 Å². The van der Waals surface area contributed by atoms with Crippen molar-refractivity contribution in [3.63, 3.8) is 0 Å². The zero-order valence-electron chi connectivity index (χ0n) is 14.3. The SMILES string of the molecule is CC(C)(C)C(=O)NCCCC(=O)N1C[C@H](C(=O)O)[C@@H](C2CC2)C1. The lowest BCUT2D eigenvalue weighted by Gasteiger charge is -2.18. The van der Waals surface area contributed by atoms with Crippen molar-refractivity contribution in [2.45, 2.75) is 46.5 Å². The van der Waals surface area contributed by atoms with Gasteiger partial charge in [-0.1, -0.05) is 20.8 Å². The molecule has 0 radical (unpaired) electrons. The van der Waals surface area contributed by atoms with Crippen LogP contribution in [-0.2, 0) is 14.4 Å².